The summed E-state index contributed by atoms with van der Waals surface area (Å²) in [6.07, 6.45) is 2.83. The number of pyridine rings is 1. The first-order valence-electron chi connectivity index (χ1n) is 6.41. The Balaban J connectivity index is 1.89. The molecule has 1 aromatic rings. The number of fused-ring (bicyclic) bond motifs is 1. The third kappa shape index (κ3) is 1.82. The second-order valence-electron chi connectivity index (χ2n) is 5.98. The fourth-order valence-corrected chi connectivity index (χ4v) is 2.25. The maximum absolute atomic E-state index is 6.02. The molecule has 2 aliphatic rings. The van der Waals surface area contributed by atoms with E-state index in [1.807, 2.05) is 6.20 Å². The summed E-state index contributed by atoms with van der Waals surface area (Å²) in [6, 6.07) is 2.12. The van der Waals surface area contributed by atoms with E-state index >= 15 is 0 Å². The van der Waals surface area contributed by atoms with Gasteiger partial charge in [0.1, 0.15) is 7.28 Å². The average Bonchev–Trinajstić information content (AvgIpc) is 2.80. The van der Waals surface area contributed by atoms with Gasteiger partial charge in [-0.2, -0.15) is 0 Å². The fraction of sp³-hybridized carbons (Fsp3) is 0.583. The number of hydrogen-bond acceptors (Lipinski definition) is 3. The molecule has 0 aliphatic carbocycles. The van der Waals surface area contributed by atoms with E-state index in [-0.39, 0.29) is 18.3 Å². The Hall–Kier alpha value is -0.735. The highest BCUT2D eigenvalue weighted by Crippen LogP contribution is 2.36. The van der Waals surface area contributed by atoms with Crippen LogP contribution in [0.3, 0.4) is 0 Å². The molecule has 0 saturated carbocycles. The van der Waals surface area contributed by atoms with E-state index in [4.69, 9.17) is 9.31 Å². The van der Waals surface area contributed by atoms with Crippen LogP contribution in [0.1, 0.15) is 27.7 Å². The molecule has 3 heterocycles. The van der Waals surface area contributed by atoms with Crippen molar-refractivity contribution in [3.63, 3.8) is 0 Å². The van der Waals surface area contributed by atoms with Crippen LogP contribution in [0.2, 0.25) is 6.22 Å². The van der Waals surface area contributed by atoms with E-state index in [1.54, 1.807) is 0 Å². The van der Waals surface area contributed by atoms with Gasteiger partial charge in [0, 0.05) is 11.7 Å². The third-order valence-electron chi connectivity index (χ3n) is 4.15. The van der Waals surface area contributed by atoms with Gasteiger partial charge in [0.25, 0.3) is 0 Å². The van der Waals surface area contributed by atoms with E-state index in [9.17, 15) is 0 Å². The normalized spacial score (nSPS) is 23.4. The number of nitrogens with zero attached hydrogens (tertiary/aromatic N) is 1. The van der Waals surface area contributed by atoms with Crippen molar-refractivity contribution in [2.45, 2.75) is 45.1 Å². The Bertz CT molecular complexity index is 474. The molecule has 0 aromatic carbocycles. The quantitative estimate of drug-likeness (QED) is 0.614. The van der Waals surface area contributed by atoms with Gasteiger partial charge in [-0.25, -0.2) is 0 Å². The maximum Gasteiger partial charge on any atom is 0.496 e. The molecule has 18 heavy (non-hydrogen) atoms. The second-order valence-corrected chi connectivity index (χ2v) is 5.98. The van der Waals surface area contributed by atoms with E-state index in [0.29, 0.717) is 0 Å². The Morgan fingerprint density at radius 3 is 2.50 bits per heavy atom. The van der Waals surface area contributed by atoms with Crippen molar-refractivity contribution in [1.82, 2.24) is 4.98 Å². The molecule has 0 bridgehead atoms. The number of hydrogen-bond donors (Lipinski definition) is 0. The molecule has 0 unspecified atom stereocenters. The molecule has 90 valence electrons. The molecule has 0 amide bonds. The average molecular weight is 239 g/mol. The largest absolute Gasteiger partial charge is 0.496 e. The van der Waals surface area contributed by atoms with Crippen molar-refractivity contribution in [3.8, 4) is 0 Å². The van der Waals surface area contributed by atoms with Gasteiger partial charge in [-0.15, -0.1) is 0 Å². The SMILES string of the molecule is CC1(C)OB(c2cnc3c(c2)[B]C[B]3)OC1(C)C. The molecule has 0 atom stereocenters. The molecule has 1 fully saturated rings. The van der Waals surface area contributed by atoms with Crippen LogP contribution in [0.5, 0.6) is 0 Å². The Kier molecular flexibility index (Phi) is 2.65. The van der Waals surface area contributed by atoms with E-state index in [2.05, 4.69) is 53.3 Å². The molecule has 2 aliphatic heterocycles. The molecule has 3 nitrogen and oxygen atoms in total. The van der Waals surface area contributed by atoms with Crippen molar-refractivity contribution >= 4 is 38.2 Å². The molecular formula is C12H16B3NO2. The molecular weight excluding hydrogens is 223 g/mol. The van der Waals surface area contributed by atoms with Crippen molar-refractivity contribution < 1.29 is 9.31 Å². The molecule has 3 rings (SSSR count). The molecule has 2 radical (unpaired) electrons. The summed E-state index contributed by atoms with van der Waals surface area (Å²) in [5.74, 6) is 0. The zero-order valence-electron chi connectivity index (χ0n) is 11.4. The maximum atomic E-state index is 6.02. The van der Waals surface area contributed by atoms with E-state index < -0.39 is 0 Å². The zero-order chi connectivity index (χ0) is 13.0. The summed E-state index contributed by atoms with van der Waals surface area (Å²) >= 11 is 0. The highest BCUT2D eigenvalue weighted by molar-refractivity contribution is 6.81. The fourth-order valence-electron chi connectivity index (χ4n) is 2.25. The minimum absolute atomic E-state index is 0.299. The standard InChI is InChI=1S/C12H16B3NO2/c1-11(2)12(3,4)18-15(17-11)8-5-9-10(16-6-8)14-7-13-9/h5-6H,7H2,1-4H3. The van der Waals surface area contributed by atoms with Gasteiger partial charge in [0.2, 0.25) is 0 Å². The summed E-state index contributed by atoms with van der Waals surface area (Å²) in [5.41, 5.74) is 2.65. The second kappa shape index (κ2) is 3.88. The Morgan fingerprint density at radius 1 is 1.17 bits per heavy atom. The lowest BCUT2D eigenvalue weighted by Crippen LogP contribution is -2.41. The predicted molar refractivity (Wildman–Crippen MR) is 75.5 cm³/mol. The van der Waals surface area contributed by atoms with Crippen LogP contribution in [-0.2, 0) is 9.31 Å². The molecule has 0 spiro atoms. The van der Waals surface area contributed by atoms with Crippen molar-refractivity contribution in [3.05, 3.63) is 12.3 Å². The number of aromatic nitrogens is 1. The molecule has 6 heteroatoms. The summed E-state index contributed by atoms with van der Waals surface area (Å²) in [4.78, 5) is 4.45. The molecule has 1 aromatic heterocycles. The zero-order valence-corrected chi connectivity index (χ0v) is 11.4. The summed E-state index contributed by atoms with van der Waals surface area (Å²) in [6.45, 7) is 8.25. The minimum Gasteiger partial charge on any atom is -0.399 e. The van der Waals surface area contributed by atoms with Gasteiger partial charge < -0.3 is 9.31 Å². The van der Waals surface area contributed by atoms with Crippen LogP contribution in [0.15, 0.2) is 12.3 Å². The highest BCUT2D eigenvalue weighted by Gasteiger charge is 2.51. The minimum atomic E-state index is -0.318. The van der Waals surface area contributed by atoms with Gasteiger partial charge in [-0.3, -0.25) is 4.98 Å². The first-order chi connectivity index (χ1) is 8.39. The lowest BCUT2D eigenvalue weighted by atomic mass is 9.63. The lowest BCUT2D eigenvalue weighted by molar-refractivity contribution is 0.00578. The van der Waals surface area contributed by atoms with Gasteiger partial charge in [-0.1, -0.05) is 17.7 Å². The van der Waals surface area contributed by atoms with Gasteiger partial charge in [-0.05, 0) is 33.3 Å². The van der Waals surface area contributed by atoms with Crippen molar-refractivity contribution in [1.29, 1.82) is 0 Å². The van der Waals surface area contributed by atoms with Crippen LogP contribution in [-0.4, -0.2) is 37.9 Å². The number of rotatable bonds is 1. The van der Waals surface area contributed by atoms with Crippen LogP contribution in [0, 0.1) is 0 Å². The first-order valence-corrected chi connectivity index (χ1v) is 6.41. The topological polar surface area (TPSA) is 31.4 Å². The van der Waals surface area contributed by atoms with E-state index in [1.165, 1.54) is 5.46 Å². The summed E-state index contributed by atoms with van der Waals surface area (Å²) in [7, 11) is 3.99. The first kappa shape index (κ1) is 12.3. The highest BCUT2D eigenvalue weighted by atomic mass is 16.7. The molecule has 1 saturated heterocycles. The predicted octanol–water partition coefficient (Wildman–Crippen LogP) is -0.571. The van der Waals surface area contributed by atoms with Crippen molar-refractivity contribution in [2.75, 3.05) is 0 Å². The van der Waals surface area contributed by atoms with E-state index in [0.717, 1.165) is 17.3 Å². The van der Waals surface area contributed by atoms with Crippen LogP contribution in [0.4, 0.5) is 0 Å². The van der Waals surface area contributed by atoms with Crippen LogP contribution < -0.4 is 16.5 Å². The van der Waals surface area contributed by atoms with Gasteiger partial charge in [0.15, 0.2) is 7.28 Å². The third-order valence-corrected chi connectivity index (χ3v) is 4.15. The van der Waals surface area contributed by atoms with Crippen LogP contribution >= 0.6 is 0 Å². The summed E-state index contributed by atoms with van der Waals surface area (Å²) in [5, 5.41) is 0. The smallest absolute Gasteiger partial charge is 0.399 e. The molecule has 0 N–H and O–H groups in total. The van der Waals surface area contributed by atoms with Gasteiger partial charge in [0.05, 0.1) is 11.2 Å². The summed E-state index contributed by atoms with van der Waals surface area (Å²) < 4.78 is 12.0. The Labute approximate surface area is 110 Å². The Morgan fingerprint density at radius 2 is 1.83 bits per heavy atom. The lowest BCUT2D eigenvalue weighted by Gasteiger charge is -2.32. The monoisotopic (exact) mass is 239 g/mol. The van der Waals surface area contributed by atoms with Crippen LogP contribution in [0.25, 0.3) is 0 Å². The van der Waals surface area contributed by atoms with Crippen molar-refractivity contribution in [2.24, 2.45) is 0 Å². The van der Waals surface area contributed by atoms with Gasteiger partial charge >= 0.3 is 7.12 Å².